The fourth-order valence-corrected chi connectivity index (χ4v) is 1.74. The minimum Gasteiger partial charge on any atom is -0.0808 e. The van der Waals surface area contributed by atoms with E-state index >= 15 is 0 Å². The molecule has 0 unspecified atom stereocenters. The van der Waals surface area contributed by atoms with Crippen LogP contribution in [-0.4, -0.2) is 0 Å². The predicted octanol–water partition coefficient (Wildman–Crippen LogP) is 9.45. The van der Waals surface area contributed by atoms with E-state index < -0.39 is 0 Å². The van der Waals surface area contributed by atoms with E-state index in [1.807, 2.05) is 0 Å². The van der Waals surface area contributed by atoms with Gasteiger partial charge in [0.2, 0.25) is 0 Å². The van der Waals surface area contributed by atoms with Gasteiger partial charge < -0.3 is 0 Å². The molecule has 1 aromatic carbocycles. The van der Waals surface area contributed by atoms with Crippen molar-refractivity contribution in [1.82, 2.24) is 0 Å². The summed E-state index contributed by atoms with van der Waals surface area (Å²) in [7, 11) is 0. The number of allylic oxidation sites excluding steroid dienone is 8. The standard InChI is InChI=1S/C10H14.2C5H6.2C4H10/c1-8(2)10-6-4-9(3)5-7-10;2*1-2-4-5-3-1;2*1-4(2)3/h4-8H,1-3H3;2*1-4H,5H2;2*4H,1-3H3. The average molecular weight is 383 g/mol. The van der Waals surface area contributed by atoms with Crippen molar-refractivity contribution in [3.8, 4) is 0 Å². The Labute approximate surface area is 177 Å². The Morgan fingerprint density at radius 1 is 0.536 bits per heavy atom. The normalized spacial score (nSPS) is 12.6. The molecule has 0 aliphatic heterocycles. The van der Waals surface area contributed by atoms with Crippen molar-refractivity contribution >= 4 is 0 Å². The first-order chi connectivity index (χ1) is 13.2. The summed E-state index contributed by atoms with van der Waals surface area (Å²) >= 11 is 0. The second kappa shape index (κ2) is 19.9. The molecule has 0 saturated carbocycles. The Morgan fingerprint density at radius 3 is 1.00 bits per heavy atom. The molecule has 0 fully saturated rings. The molecule has 0 heteroatoms. The largest absolute Gasteiger partial charge is 0.0808 e. The summed E-state index contributed by atoms with van der Waals surface area (Å²) in [6, 6.07) is 8.71. The van der Waals surface area contributed by atoms with Gasteiger partial charge in [0.25, 0.3) is 0 Å². The van der Waals surface area contributed by atoms with Crippen LogP contribution < -0.4 is 0 Å². The molecule has 0 atom stereocenters. The van der Waals surface area contributed by atoms with E-state index in [4.69, 9.17) is 0 Å². The van der Waals surface area contributed by atoms with Crippen molar-refractivity contribution < 1.29 is 0 Å². The van der Waals surface area contributed by atoms with Crippen molar-refractivity contribution in [2.24, 2.45) is 11.8 Å². The van der Waals surface area contributed by atoms with Crippen LogP contribution >= 0.6 is 0 Å². The van der Waals surface area contributed by atoms with Crippen LogP contribution in [0.4, 0.5) is 0 Å². The molecule has 0 spiro atoms. The van der Waals surface area contributed by atoms with E-state index in [0.29, 0.717) is 5.92 Å². The van der Waals surface area contributed by atoms with E-state index in [-0.39, 0.29) is 0 Å². The number of benzene rings is 1. The number of hydrogen-bond acceptors (Lipinski definition) is 0. The highest BCUT2D eigenvalue weighted by atomic mass is 14.0. The van der Waals surface area contributed by atoms with Gasteiger partial charge in [-0.3, -0.25) is 0 Å². The second-order valence-corrected chi connectivity index (χ2v) is 8.71. The van der Waals surface area contributed by atoms with Gasteiger partial charge in [0.15, 0.2) is 0 Å². The summed E-state index contributed by atoms with van der Waals surface area (Å²) in [5.41, 5.74) is 2.76. The van der Waals surface area contributed by atoms with Crippen molar-refractivity contribution in [3.05, 3.63) is 84.0 Å². The minimum atomic E-state index is 0.653. The molecule has 0 nitrogen and oxygen atoms in total. The van der Waals surface area contributed by atoms with Gasteiger partial charge in [-0.15, -0.1) is 0 Å². The lowest BCUT2D eigenvalue weighted by molar-refractivity contribution is 0.736. The Morgan fingerprint density at radius 2 is 0.821 bits per heavy atom. The van der Waals surface area contributed by atoms with Crippen LogP contribution in [0, 0.1) is 18.8 Å². The summed E-state index contributed by atoms with van der Waals surface area (Å²) in [5, 5.41) is 0. The molecular formula is C28H46. The molecule has 1 aromatic rings. The van der Waals surface area contributed by atoms with Gasteiger partial charge in [-0.25, -0.2) is 0 Å². The van der Waals surface area contributed by atoms with Crippen LogP contribution in [0.5, 0.6) is 0 Å². The molecule has 0 radical (unpaired) electrons. The molecule has 0 bridgehead atoms. The first-order valence-electron chi connectivity index (χ1n) is 10.9. The van der Waals surface area contributed by atoms with E-state index in [1.54, 1.807) is 0 Å². The zero-order valence-electron chi connectivity index (χ0n) is 20.1. The van der Waals surface area contributed by atoms with E-state index in [2.05, 4.69) is 135 Å². The summed E-state index contributed by atoms with van der Waals surface area (Å²) in [6.07, 6.45) is 19.0. The maximum atomic E-state index is 2.21. The van der Waals surface area contributed by atoms with Crippen LogP contribution in [0.2, 0.25) is 0 Å². The first kappa shape index (κ1) is 28.4. The zero-order valence-corrected chi connectivity index (χ0v) is 20.1. The third-order valence-corrected chi connectivity index (χ3v) is 3.05. The van der Waals surface area contributed by atoms with Gasteiger partial charge in [0, 0.05) is 0 Å². The molecule has 0 N–H and O–H groups in total. The SMILES string of the molecule is C1=CCC=C1.C1=CCC=C1.CC(C)C.CC(C)C.Cc1ccc(C(C)C)cc1. The lowest BCUT2D eigenvalue weighted by Gasteiger charge is -2.03. The highest BCUT2D eigenvalue weighted by Gasteiger charge is 1.95. The summed E-state index contributed by atoms with van der Waals surface area (Å²) in [6.45, 7) is 19.5. The lowest BCUT2D eigenvalue weighted by Crippen LogP contribution is -1.85. The number of aryl methyl sites for hydroxylation is 1. The third-order valence-electron chi connectivity index (χ3n) is 3.05. The van der Waals surface area contributed by atoms with Gasteiger partial charge in [-0.05, 0) is 43.1 Å². The molecule has 158 valence electrons. The van der Waals surface area contributed by atoms with Gasteiger partial charge in [-0.1, -0.05) is 134 Å². The molecule has 0 amide bonds. The van der Waals surface area contributed by atoms with Crippen molar-refractivity contribution in [2.45, 2.75) is 81.1 Å². The van der Waals surface area contributed by atoms with Crippen LogP contribution in [-0.2, 0) is 0 Å². The van der Waals surface area contributed by atoms with Crippen LogP contribution in [0.15, 0.2) is 72.9 Å². The van der Waals surface area contributed by atoms with E-state index in [0.717, 1.165) is 24.7 Å². The lowest BCUT2D eigenvalue weighted by atomic mass is 10.0. The Hall–Kier alpha value is -1.82. The van der Waals surface area contributed by atoms with Crippen LogP contribution in [0.3, 0.4) is 0 Å². The Balaban J connectivity index is 0. The summed E-state index contributed by atoms with van der Waals surface area (Å²) < 4.78 is 0. The number of hydrogen-bond donors (Lipinski definition) is 0. The van der Waals surface area contributed by atoms with Gasteiger partial charge in [0.1, 0.15) is 0 Å². The maximum absolute atomic E-state index is 2.21. The second-order valence-electron chi connectivity index (χ2n) is 8.71. The average Bonchev–Trinajstić information content (AvgIpc) is 3.33. The van der Waals surface area contributed by atoms with Crippen molar-refractivity contribution in [1.29, 1.82) is 0 Å². The molecule has 0 saturated heterocycles. The van der Waals surface area contributed by atoms with E-state index in [1.165, 1.54) is 11.1 Å². The van der Waals surface area contributed by atoms with Crippen molar-refractivity contribution in [3.63, 3.8) is 0 Å². The fraction of sp³-hybridized carbons (Fsp3) is 0.500. The van der Waals surface area contributed by atoms with Crippen LogP contribution in [0.1, 0.15) is 85.3 Å². The smallest absolute Gasteiger partial charge is 0.0163 e. The molecule has 3 rings (SSSR count). The Kier molecular flexibility index (Phi) is 20.2. The molecular weight excluding hydrogens is 336 g/mol. The Bertz CT molecular complexity index is 495. The highest BCUT2D eigenvalue weighted by Crippen LogP contribution is 2.13. The predicted molar refractivity (Wildman–Crippen MR) is 132 cm³/mol. The van der Waals surface area contributed by atoms with Gasteiger partial charge in [0.05, 0.1) is 0 Å². The summed E-state index contributed by atoms with van der Waals surface area (Å²) in [4.78, 5) is 0. The molecule has 2 aliphatic carbocycles. The number of rotatable bonds is 1. The molecule has 2 aliphatic rings. The third kappa shape index (κ3) is 26.4. The topological polar surface area (TPSA) is 0 Å². The molecule has 28 heavy (non-hydrogen) atoms. The highest BCUT2D eigenvalue weighted by molar-refractivity contribution is 5.23. The van der Waals surface area contributed by atoms with Crippen molar-refractivity contribution in [2.75, 3.05) is 0 Å². The zero-order chi connectivity index (χ0) is 21.8. The monoisotopic (exact) mass is 382 g/mol. The van der Waals surface area contributed by atoms with Gasteiger partial charge >= 0.3 is 0 Å². The quantitative estimate of drug-likeness (QED) is 0.453. The summed E-state index contributed by atoms with van der Waals surface area (Å²) in [5.74, 6) is 2.32. The van der Waals surface area contributed by atoms with Gasteiger partial charge in [-0.2, -0.15) is 0 Å². The minimum absolute atomic E-state index is 0.653. The first-order valence-corrected chi connectivity index (χ1v) is 10.9. The fourth-order valence-electron chi connectivity index (χ4n) is 1.74. The molecule has 0 heterocycles. The molecule has 0 aromatic heterocycles. The van der Waals surface area contributed by atoms with Crippen LogP contribution in [0.25, 0.3) is 0 Å². The van der Waals surface area contributed by atoms with E-state index in [9.17, 15) is 0 Å². The maximum Gasteiger partial charge on any atom is -0.0163 e.